The van der Waals surface area contributed by atoms with Gasteiger partial charge in [0, 0.05) is 17.4 Å². The van der Waals surface area contributed by atoms with Gasteiger partial charge in [-0.3, -0.25) is 9.59 Å². The van der Waals surface area contributed by atoms with Crippen molar-refractivity contribution in [2.24, 2.45) is 34.7 Å². The van der Waals surface area contributed by atoms with Crippen LogP contribution in [0.5, 0.6) is 5.75 Å². The summed E-state index contributed by atoms with van der Waals surface area (Å²) < 4.78 is 19.6. The zero-order chi connectivity index (χ0) is 25.3. The normalized spacial score (nSPS) is 29.2. The maximum absolute atomic E-state index is 13.7. The Bertz CT molecular complexity index is 1440. The van der Waals surface area contributed by atoms with Gasteiger partial charge in [0.15, 0.2) is 0 Å². The highest BCUT2D eigenvalue weighted by molar-refractivity contribution is 6.31. The molecule has 2 aliphatic heterocycles. The van der Waals surface area contributed by atoms with Gasteiger partial charge in [-0.2, -0.15) is 0 Å². The largest absolute Gasteiger partial charge is 0.489 e. The Hall–Kier alpha value is -3.71. The van der Waals surface area contributed by atoms with Crippen LogP contribution in [-0.2, 0) is 21.0 Å². The molecule has 37 heavy (non-hydrogen) atoms. The van der Waals surface area contributed by atoms with Crippen molar-refractivity contribution in [1.82, 2.24) is 0 Å². The van der Waals surface area contributed by atoms with Gasteiger partial charge in [-0.1, -0.05) is 47.1 Å². The molecule has 2 aliphatic carbocycles. The van der Waals surface area contributed by atoms with Crippen molar-refractivity contribution in [2.75, 3.05) is 4.90 Å². The maximum Gasteiger partial charge on any atom is 0.238 e. The number of hydrogen-bond acceptors (Lipinski definition) is 5. The minimum absolute atomic E-state index is 0.0485. The van der Waals surface area contributed by atoms with Crippen LogP contribution in [-0.4, -0.2) is 23.6 Å². The number of hydrogen-bond donors (Lipinski definition) is 0. The first-order valence-electron chi connectivity index (χ1n) is 12.3. The molecule has 7 rings (SSSR count). The van der Waals surface area contributed by atoms with E-state index in [1.165, 1.54) is 23.1 Å². The summed E-state index contributed by atoms with van der Waals surface area (Å²) in [5, 5.41) is 4.29. The maximum atomic E-state index is 13.7. The number of ether oxygens (including phenoxy) is 1. The summed E-state index contributed by atoms with van der Waals surface area (Å²) in [6.45, 7) is 0.480. The van der Waals surface area contributed by atoms with E-state index in [0.717, 1.165) is 29.0 Å². The molecule has 2 heterocycles. The number of amides is 2. The molecule has 8 heteroatoms. The summed E-state index contributed by atoms with van der Waals surface area (Å²) in [6.07, 6.45) is 0.515. The van der Waals surface area contributed by atoms with Crippen molar-refractivity contribution in [3.63, 3.8) is 0 Å². The summed E-state index contributed by atoms with van der Waals surface area (Å²) in [7, 11) is 0. The van der Waals surface area contributed by atoms with Crippen molar-refractivity contribution in [2.45, 2.75) is 19.1 Å². The highest BCUT2D eigenvalue weighted by Gasteiger charge is 2.70. The number of rotatable bonds is 5. The number of carbonyl (C=O) groups excluding carboxylic acids is 2. The molecule has 0 aromatic heterocycles. The molecule has 6 atom stereocenters. The molecule has 186 valence electrons. The minimum atomic E-state index is -0.593. The third-order valence-electron chi connectivity index (χ3n) is 8.25. The Kier molecular flexibility index (Phi) is 5.11. The standard InChI is InChI=1S/C29H22ClFN2O4/c30-21-12-17(8-11-22(21)31)33-28(34)23-19-13-20(24(23)29(33)35)27-25(19)26(32-37-27)16-6-9-18(10-7-16)36-14-15-4-2-1-3-5-15/h1-12,19-20,23-25,27H,13-14H2/t19-,20+,23-,24+,25-,27-/m1/s1. The van der Waals surface area contributed by atoms with E-state index in [1.54, 1.807) is 0 Å². The number of fused-ring (bicyclic) bond motifs is 8. The lowest BCUT2D eigenvalue weighted by molar-refractivity contribution is -0.125. The number of carbonyl (C=O) groups is 2. The summed E-state index contributed by atoms with van der Waals surface area (Å²) in [6, 6.07) is 21.6. The van der Waals surface area contributed by atoms with Gasteiger partial charge in [-0.05, 0) is 60.4 Å². The summed E-state index contributed by atoms with van der Waals surface area (Å²) in [5.74, 6) is -1.45. The highest BCUT2D eigenvalue weighted by atomic mass is 35.5. The lowest BCUT2D eigenvalue weighted by Crippen LogP contribution is -2.41. The Morgan fingerprint density at radius 1 is 0.946 bits per heavy atom. The molecule has 6 nitrogen and oxygen atoms in total. The summed E-state index contributed by atoms with van der Waals surface area (Å²) >= 11 is 5.94. The first-order valence-corrected chi connectivity index (χ1v) is 12.7. The molecule has 3 aromatic rings. The molecular weight excluding hydrogens is 495 g/mol. The molecule has 0 N–H and O–H groups in total. The highest BCUT2D eigenvalue weighted by Crippen LogP contribution is 2.62. The number of imide groups is 1. The van der Waals surface area contributed by atoms with Crippen LogP contribution in [0, 0.1) is 35.4 Å². The van der Waals surface area contributed by atoms with E-state index in [2.05, 4.69) is 5.16 Å². The second-order valence-electron chi connectivity index (χ2n) is 10.1. The SMILES string of the molecule is O=C1[C@@H]2[C@H]3C[C@H]([C@H]4ON=C(c5ccc(OCc6ccccc6)cc5)[C@@H]34)[C@@H]2C(=O)N1c1ccc(F)c(Cl)c1. The molecule has 0 unspecified atom stereocenters. The van der Waals surface area contributed by atoms with Gasteiger partial charge >= 0.3 is 0 Å². The van der Waals surface area contributed by atoms with Crippen LogP contribution in [0.25, 0.3) is 0 Å². The van der Waals surface area contributed by atoms with Gasteiger partial charge in [0.2, 0.25) is 11.8 Å². The Morgan fingerprint density at radius 2 is 1.68 bits per heavy atom. The number of oxime groups is 1. The van der Waals surface area contributed by atoms with Crippen molar-refractivity contribution >= 4 is 34.8 Å². The van der Waals surface area contributed by atoms with Gasteiger partial charge in [0.1, 0.15) is 24.3 Å². The number of anilines is 1. The second kappa shape index (κ2) is 8.42. The first-order chi connectivity index (χ1) is 18.0. The zero-order valence-corrected chi connectivity index (χ0v) is 20.3. The second-order valence-corrected chi connectivity index (χ2v) is 10.5. The van der Waals surface area contributed by atoms with Crippen LogP contribution in [0.4, 0.5) is 10.1 Å². The molecule has 2 amide bonds. The topological polar surface area (TPSA) is 68.2 Å². The van der Waals surface area contributed by atoms with E-state index in [0.29, 0.717) is 12.3 Å². The lowest BCUT2D eigenvalue weighted by atomic mass is 9.71. The van der Waals surface area contributed by atoms with Crippen LogP contribution in [0.2, 0.25) is 5.02 Å². The molecule has 1 saturated heterocycles. The van der Waals surface area contributed by atoms with Crippen LogP contribution in [0.3, 0.4) is 0 Å². The summed E-state index contributed by atoms with van der Waals surface area (Å²) in [4.78, 5) is 34.0. The molecule has 3 aromatic carbocycles. The third kappa shape index (κ3) is 3.40. The molecule has 0 spiro atoms. The van der Waals surface area contributed by atoms with E-state index >= 15 is 0 Å². The van der Waals surface area contributed by atoms with Crippen molar-refractivity contribution < 1.29 is 23.6 Å². The lowest BCUT2D eigenvalue weighted by Gasteiger charge is -2.29. The monoisotopic (exact) mass is 516 g/mol. The molecule has 4 aliphatic rings. The van der Waals surface area contributed by atoms with Gasteiger partial charge in [0.25, 0.3) is 0 Å². The predicted octanol–water partition coefficient (Wildman–Crippen LogP) is 5.23. The van der Waals surface area contributed by atoms with Crippen LogP contribution >= 0.6 is 11.6 Å². The van der Waals surface area contributed by atoms with Gasteiger partial charge in [0.05, 0.1) is 28.3 Å². The predicted molar refractivity (Wildman–Crippen MR) is 135 cm³/mol. The summed E-state index contributed by atoms with van der Waals surface area (Å²) in [5.41, 5.74) is 3.13. The zero-order valence-electron chi connectivity index (χ0n) is 19.6. The van der Waals surface area contributed by atoms with Crippen LogP contribution in [0.15, 0.2) is 78.0 Å². The van der Waals surface area contributed by atoms with E-state index in [9.17, 15) is 14.0 Å². The number of benzene rings is 3. The van der Waals surface area contributed by atoms with Crippen molar-refractivity contribution in [1.29, 1.82) is 0 Å². The molecule has 3 fully saturated rings. The van der Waals surface area contributed by atoms with E-state index in [-0.39, 0.29) is 40.7 Å². The first kappa shape index (κ1) is 22.5. The molecular formula is C29H22ClFN2O4. The minimum Gasteiger partial charge on any atom is -0.489 e. The Labute approximate surface area is 217 Å². The Morgan fingerprint density at radius 3 is 2.41 bits per heavy atom. The molecule has 2 saturated carbocycles. The molecule has 0 radical (unpaired) electrons. The average molecular weight is 517 g/mol. The van der Waals surface area contributed by atoms with E-state index in [1.807, 2.05) is 54.6 Å². The van der Waals surface area contributed by atoms with Gasteiger partial charge in [-0.25, -0.2) is 9.29 Å². The third-order valence-corrected chi connectivity index (χ3v) is 8.54. The Balaban J connectivity index is 1.11. The number of halogens is 2. The average Bonchev–Trinajstić information content (AvgIpc) is 3.66. The van der Waals surface area contributed by atoms with Crippen LogP contribution < -0.4 is 9.64 Å². The molecule has 2 bridgehead atoms. The fraction of sp³-hybridized carbons (Fsp3) is 0.276. The van der Waals surface area contributed by atoms with Gasteiger partial charge in [-0.15, -0.1) is 0 Å². The van der Waals surface area contributed by atoms with E-state index < -0.39 is 17.7 Å². The van der Waals surface area contributed by atoms with E-state index in [4.69, 9.17) is 21.2 Å². The van der Waals surface area contributed by atoms with Crippen molar-refractivity contribution in [3.05, 3.63) is 94.8 Å². The number of nitrogens with zero attached hydrogens (tertiary/aromatic N) is 2. The smallest absolute Gasteiger partial charge is 0.238 e. The fourth-order valence-electron chi connectivity index (χ4n) is 6.71. The van der Waals surface area contributed by atoms with Gasteiger partial charge < -0.3 is 9.57 Å². The van der Waals surface area contributed by atoms with Crippen molar-refractivity contribution in [3.8, 4) is 5.75 Å². The fourth-order valence-corrected chi connectivity index (χ4v) is 6.88. The quantitative estimate of drug-likeness (QED) is 0.435. The van der Waals surface area contributed by atoms with Crippen LogP contribution in [0.1, 0.15) is 17.5 Å².